The van der Waals surface area contributed by atoms with Crippen molar-refractivity contribution < 1.29 is 28.2 Å². The van der Waals surface area contributed by atoms with Crippen LogP contribution in [0.2, 0.25) is 0 Å². The molecule has 2 amide bonds. The molecule has 2 rings (SSSR count). The van der Waals surface area contributed by atoms with Crippen LogP contribution in [0.3, 0.4) is 0 Å². The van der Waals surface area contributed by atoms with E-state index < -0.39 is 41.1 Å². The topological polar surface area (TPSA) is 140 Å². The van der Waals surface area contributed by atoms with Crippen LogP contribution < -0.4 is 22.1 Å². The largest absolute Gasteiger partial charge is 0.382 e. The second-order valence-corrected chi connectivity index (χ2v) is 9.67. The highest BCUT2D eigenvalue weighted by Crippen LogP contribution is 2.14. The lowest BCUT2D eigenvalue weighted by molar-refractivity contribution is -0.131. The molecule has 10 heteroatoms. The standard InChI is InChI=1S/C26H36F2N4O4/c1-26(2,15-31-23(33)12-20(29)11-18-10-19(27)8-9-21(18)28)16-32-25(35)24(34)22(30)14-36-13-17-6-4-3-5-7-17/h3-10,20,22,24,34H,11-16,29-30H2,1-2H3,(H,31,33)(H,32,35). The first-order valence-corrected chi connectivity index (χ1v) is 11.8. The van der Waals surface area contributed by atoms with Crippen molar-refractivity contribution in [3.63, 3.8) is 0 Å². The minimum Gasteiger partial charge on any atom is -0.382 e. The third-order valence-electron chi connectivity index (χ3n) is 5.54. The minimum atomic E-state index is -1.45. The number of halogens is 2. The number of hydrogen-bond donors (Lipinski definition) is 5. The lowest BCUT2D eigenvalue weighted by atomic mass is 9.93. The Morgan fingerprint density at radius 3 is 2.42 bits per heavy atom. The van der Waals surface area contributed by atoms with Gasteiger partial charge in [-0.25, -0.2) is 8.78 Å². The van der Waals surface area contributed by atoms with Crippen molar-refractivity contribution in [2.24, 2.45) is 16.9 Å². The van der Waals surface area contributed by atoms with Gasteiger partial charge in [-0.05, 0) is 41.2 Å². The summed E-state index contributed by atoms with van der Waals surface area (Å²) in [6, 6.07) is 11.0. The summed E-state index contributed by atoms with van der Waals surface area (Å²) in [6.45, 7) is 4.35. The number of nitrogens with two attached hydrogens (primary N) is 2. The number of aliphatic hydroxyl groups is 1. The molecule has 0 saturated carbocycles. The number of aliphatic hydroxyl groups excluding tert-OH is 1. The second kappa shape index (κ2) is 14.0. The van der Waals surface area contributed by atoms with Gasteiger partial charge in [0.2, 0.25) is 5.91 Å². The first-order chi connectivity index (χ1) is 17.0. The van der Waals surface area contributed by atoms with Gasteiger partial charge in [0.05, 0.1) is 19.3 Å². The number of rotatable bonds is 14. The Morgan fingerprint density at radius 2 is 1.72 bits per heavy atom. The second-order valence-electron chi connectivity index (χ2n) is 9.67. The fourth-order valence-corrected chi connectivity index (χ4v) is 3.37. The van der Waals surface area contributed by atoms with Gasteiger partial charge in [-0.2, -0.15) is 0 Å². The van der Waals surface area contributed by atoms with Crippen LogP contribution in [0, 0.1) is 17.0 Å². The van der Waals surface area contributed by atoms with E-state index in [-0.39, 0.29) is 44.0 Å². The van der Waals surface area contributed by atoms with E-state index in [4.69, 9.17) is 16.2 Å². The van der Waals surface area contributed by atoms with Gasteiger partial charge in [-0.3, -0.25) is 9.59 Å². The molecule has 0 aliphatic rings. The van der Waals surface area contributed by atoms with Crippen LogP contribution in [0.4, 0.5) is 8.78 Å². The van der Waals surface area contributed by atoms with Crippen molar-refractivity contribution in [3.05, 3.63) is 71.3 Å². The number of carbonyl (C=O) groups is 2. The first kappa shape index (κ1) is 29.3. The maximum atomic E-state index is 13.8. The van der Waals surface area contributed by atoms with E-state index in [0.29, 0.717) is 6.61 Å². The van der Waals surface area contributed by atoms with E-state index >= 15 is 0 Å². The van der Waals surface area contributed by atoms with E-state index in [2.05, 4.69) is 10.6 Å². The molecule has 198 valence electrons. The number of benzene rings is 2. The van der Waals surface area contributed by atoms with Crippen LogP contribution in [0.1, 0.15) is 31.4 Å². The van der Waals surface area contributed by atoms with Crippen molar-refractivity contribution in [1.82, 2.24) is 10.6 Å². The third kappa shape index (κ3) is 10.4. The van der Waals surface area contributed by atoms with Gasteiger partial charge >= 0.3 is 0 Å². The van der Waals surface area contributed by atoms with Crippen LogP contribution >= 0.6 is 0 Å². The normalized spacial score (nSPS) is 14.1. The summed E-state index contributed by atoms with van der Waals surface area (Å²) in [5, 5.41) is 15.6. The van der Waals surface area contributed by atoms with Gasteiger partial charge in [0.15, 0.2) is 0 Å². The molecule has 0 bridgehead atoms. The molecular weight excluding hydrogens is 470 g/mol. The lowest BCUT2D eigenvalue weighted by Gasteiger charge is -2.27. The van der Waals surface area contributed by atoms with Gasteiger partial charge in [-0.1, -0.05) is 44.2 Å². The van der Waals surface area contributed by atoms with Crippen LogP contribution in [0.25, 0.3) is 0 Å². The highest BCUT2D eigenvalue weighted by Gasteiger charge is 2.26. The highest BCUT2D eigenvalue weighted by atomic mass is 19.1. The third-order valence-corrected chi connectivity index (χ3v) is 5.54. The number of amides is 2. The molecule has 3 atom stereocenters. The van der Waals surface area contributed by atoms with Gasteiger partial charge in [-0.15, -0.1) is 0 Å². The number of carbonyl (C=O) groups excluding carboxylic acids is 2. The molecule has 7 N–H and O–H groups in total. The Hall–Kier alpha value is -2.92. The molecule has 0 aliphatic carbocycles. The van der Waals surface area contributed by atoms with Crippen LogP contribution in [-0.2, 0) is 27.4 Å². The SMILES string of the molecule is CC(C)(CNC(=O)CC(N)Cc1cc(F)ccc1F)CNC(=O)C(O)C(N)COCc1ccccc1. The van der Waals surface area contributed by atoms with Crippen LogP contribution in [-0.4, -0.2) is 54.8 Å². The van der Waals surface area contributed by atoms with Crippen LogP contribution in [0.15, 0.2) is 48.5 Å². The molecular formula is C26H36F2N4O4. The maximum absolute atomic E-state index is 13.8. The van der Waals surface area contributed by atoms with Crippen LogP contribution in [0.5, 0.6) is 0 Å². The Bertz CT molecular complexity index is 991. The summed E-state index contributed by atoms with van der Waals surface area (Å²) in [7, 11) is 0. The van der Waals surface area contributed by atoms with Crippen molar-refractivity contribution >= 4 is 11.8 Å². The monoisotopic (exact) mass is 506 g/mol. The Labute approximate surface area is 210 Å². The molecule has 2 aromatic rings. The van der Waals surface area contributed by atoms with Crippen molar-refractivity contribution in [2.75, 3.05) is 19.7 Å². The molecule has 0 fully saturated rings. The average Bonchev–Trinajstić information content (AvgIpc) is 2.83. The predicted octanol–water partition coefficient (Wildman–Crippen LogP) is 1.39. The van der Waals surface area contributed by atoms with Gasteiger partial charge in [0, 0.05) is 25.6 Å². The molecule has 2 aromatic carbocycles. The van der Waals surface area contributed by atoms with Gasteiger partial charge in [0.1, 0.15) is 17.7 Å². The van der Waals surface area contributed by atoms with Crippen molar-refractivity contribution in [1.29, 1.82) is 0 Å². The van der Waals surface area contributed by atoms with Crippen molar-refractivity contribution in [2.45, 2.75) is 51.5 Å². The molecule has 36 heavy (non-hydrogen) atoms. The minimum absolute atomic E-state index is 0.00269. The molecule has 0 aromatic heterocycles. The average molecular weight is 507 g/mol. The molecule has 3 unspecified atom stereocenters. The first-order valence-electron chi connectivity index (χ1n) is 11.8. The van der Waals surface area contributed by atoms with Gasteiger partial charge < -0.3 is 31.9 Å². The number of hydrogen-bond acceptors (Lipinski definition) is 6. The highest BCUT2D eigenvalue weighted by molar-refractivity contribution is 5.81. The molecule has 0 radical (unpaired) electrons. The Kier molecular flexibility index (Phi) is 11.4. The summed E-state index contributed by atoms with van der Waals surface area (Å²) >= 11 is 0. The van der Waals surface area contributed by atoms with E-state index in [1.54, 1.807) is 0 Å². The van der Waals surface area contributed by atoms with E-state index in [1.807, 2.05) is 44.2 Å². The Morgan fingerprint density at radius 1 is 1.06 bits per heavy atom. The molecule has 8 nitrogen and oxygen atoms in total. The maximum Gasteiger partial charge on any atom is 0.250 e. The fourth-order valence-electron chi connectivity index (χ4n) is 3.37. The molecule has 0 spiro atoms. The summed E-state index contributed by atoms with van der Waals surface area (Å²) in [4.78, 5) is 24.6. The summed E-state index contributed by atoms with van der Waals surface area (Å²) < 4.78 is 32.6. The molecule has 0 heterocycles. The zero-order valence-corrected chi connectivity index (χ0v) is 20.7. The molecule has 0 aliphatic heterocycles. The zero-order chi connectivity index (χ0) is 26.7. The summed E-state index contributed by atoms with van der Waals surface area (Å²) in [5.41, 5.74) is 12.3. The van der Waals surface area contributed by atoms with E-state index in [9.17, 15) is 23.5 Å². The number of ether oxygens (including phenoxy) is 1. The van der Waals surface area contributed by atoms with E-state index in [1.165, 1.54) is 0 Å². The van der Waals surface area contributed by atoms with Crippen molar-refractivity contribution in [3.8, 4) is 0 Å². The summed E-state index contributed by atoms with van der Waals surface area (Å²) in [5.74, 6) is -2.13. The van der Waals surface area contributed by atoms with Gasteiger partial charge in [0.25, 0.3) is 5.91 Å². The lowest BCUT2D eigenvalue weighted by Crippen LogP contribution is -2.51. The smallest absolute Gasteiger partial charge is 0.250 e. The quantitative estimate of drug-likeness (QED) is 0.262. The summed E-state index contributed by atoms with van der Waals surface area (Å²) in [6.07, 6.45) is -1.51. The Balaban J connectivity index is 1.69. The zero-order valence-electron chi connectivity index (χ0n) is 20.7. The fraction of sp³-hybridized carbons (Fsp3) is 0.462. The van der Waals surface area contributed by atoms with E-state index in [0.717, 1.165) is 23.8 Å². The predicted molar refractivity (Wildman–Crippen MR) is 133 cm³/mol. The molecule has 0 saturated heterocycles. The number of nitrogens with one attached hydrogen (secondary N) is 2.